The number of para-hydroxylation sites is 1. The number of ketones is 1. The molecule has 1 amide bonds. The Labute approximate surface area is 232 Å². The Bertz CT molecular complexity index is 1640. The Hall–Kier alpha value is -4.03. The summed E-state index contributed by atoms with van der Waals surface area (Å²) in [6.45, 7) is 10.5. The number of ether oxygens (including phenoxy) is 1. The van der Waals surface area contributed by atoms with Crippen LogP contribution in [-0.4, -0.2) is 28.4 Å². The number of rotatable bonds is 5. The van der Waals surface area contributed by atoms with Gasteiger partial charge in [-0.25, -0.2) is 0 Å². The molecule has 39 heavy (non-hydrogen) atoms. The molecule has 4 aromatic rings. The number of aliphatic hydroxyl groups excluding tert-OH is 1. The van der Waals surface area contributed by atoms with Crippen molar-refractivity contribution in [3.8, 4) is 5.75 Å². The lowest BCUT2D eigenvalue weighted by Crippen LogP contribution is -2.29. The number of hydrogen-bond acceptors (Lipinski definition) is 4. The molecule has 0 aliphatic carbocycles. The third kappa shape index (κ3) is 4.59. The minimum Gasteiger partial charge on any atom is -0.507 e. The number of H-pyrrole nitrogens is 1. The monoisotopic (exact) mass is 542 g/mol. The van der Waals surface area contributed by atoms with Crippen LogP contribution in [0.5, 0.6) is 5.75 Å². The van der Waals surface area contributed by atoms with Gasteiger partial charge in [-0.3, -0.25) is 14.5 Å². The van der Waals surface area contributed by atoms with Crippen molar-refractivity contribution >= 4 is 45.6 Å². The fraction of sp³-hybridized carbons (Fsp3) is 0.250. The van der Waals surface area contributed by atoms with E-state index in [4.69, 9.17) is 16.3 Å². The molecular formula is C32H31ClN2O4. The molecule has 1 aliphatic heterocycles. The third-order valence-corrected chi connectivity index (χ3v) is 7.34. The van der Waals surface area contributed by atoms with E-state index in [1.54, 1.807) is 36.4 Å². The van der Waals surface area contributed by atoms with Crippen LogP contribution in [0, 0.1) is 6.92 Å². The maximum Gasteiger partial charge on any atom is 0.300 e. The molecule has 1 aromatic heterocycles. The number of aryl methyl sites for hydroxylation is 1. The molecule has 2 heterocycles. The zero-order chi connectivity index (χ0) is 28.1. The topological polar surface area (TPSA) is 82.6 Å². The molecule has 2 N–H and O–H groups in total. The second-order valence-electron chi connectivity index (χ2n) is 10.8. The molecule has 200 valence electrons. The molecule has 1 fully saturated rings. The largest absolute Gasteiger partial charge is 0.507 e. The number of halogens is 1. The highest BCUT2D eigenvalue weighted by Gasteiger charge is 2.48. The van der Waals surface area contributed by atoms with Crippen LogP contribution in [0.4, 0.5) is 5.69 Å². The van der Waals surface area contributed by atoms with Crippen molar-refractivity contribution in [3.63, 3.8) is 0 Å². The smallest absolute Gasteiger partial charge is 0.300 e. The number of anilines is 1. The number of Topliss-reactive ketones (excluding diaryl/α,β-unsaturated/α-hetero) is 1. The molecule has 1 saturated heterocycles. The van der Waals surface area contributed by atoms with Crippen molar-refractivity contribution in [2.24, 2.45) is 0 Å². The van der Waals surface area contributed by atoms with Crippen LogP contribution in [0.15, 0.2) is 72.3 Å². The Balaban J connectivity index is 1.80. The molecule has 0 bridgehead atoms. The standard InChI is InChI=1S/C32H31ClN2O4/c1-6-39-25-15-14-19(16-23(25)32(3,4)5)29(36)27-28(26-18(2)34-24-13-8-7-12-22(24)26)35(31(38)30(27)37)21-11-9-10-20(33)17-21/h7-17,28,34,36H,6H2,1-5H3/b29-27+. The van der Waals surface area contributed by atoms with Gasteiger partial charge in [0.25, 0.3) is 11.7 Å². The highest BCUT2D eigenvalue weighted by Crippen LogP contribution is 2.46. The average molecular weight is 543 g/mol. The molecule has 0 saturated carbocycles. The number of aromatic amines is 1. The Morgan fingerprint density at radius 1 is 1.05 bits per heavy atom. The fourth-order valence-electron chi connectivity index (χ4n) is 5.35. The summed E-state index contributed by atoms with van der Waals surface area (Å²) in [7, 11) is 0. The lowest BCUT2D eigenvalue weighted by atomic mass is 9.84. The van der Waals surface area contributed by atoms with Crippen LogP contribution in [-0.2, 0) is 15.0 Å². The zero-order valence-electron chi connectivity index (χ0n) is 22.6. The molecule has 0 spiro atoms. The molecule has 1 unspecified atom stereocenters. The molecule has 3 aromatic carbocycles. The summed E-state index contributed by atoms with van der Waals surface area (Å²) in [5.74, 6) is -1.00. The van der Waals surface area contributed by atoms with Crippen molar-refractivity contribution < 1.29 is 19.4 Å². The van der Waals surface area contributed by atoms with E-state index in [1.165, 1.54) is 4.90 Å². The highest BCUT2D eigenvalue weighted by atomic mass is 35.5. The molecule has 0 radical (unpaired) electrons. The number of carbonyl (C=O) groups is 2. The van der Waals surface area contributed by atoms with Crippen LogP contribution in [0.25, 0.3) is 16.7 Å². The van der Waals surface area contributed by atoms with Crippen molar-refractivity contribution in [1.29, 1.82) is 0 Å². The molecule has 5 rings (SSSR count). The minimum absolute atomic E-state index is 0.0249. The van der Waals surface area contributed by atoms with E-state index in [0.717, 1.165) is 27.7 Å². The van der Waals surface area contributed by atoms with Gasteiger partial charge in [-0.15, -0.1) is 0 Å². The van der Waals surface area contributed by atoms with E-state index >= 15 is 0 Å². The van der Waals surface area contributed by atoms with Gasteiger partial charge in [-0.1, -0.05) is 56.6 Å². The first-order chi connectivity index (χ1) is 18.5. The molecule has 7 heteroatoms. The number of carbonyl (C=O) groups excluding carboxylic acids is 2. The van der Waals surface area contributed by atoms with Crippen LogP contribution in [0.1, 0.15) is 56.1 Å². The van der Waals surface area contributed by atoms with Gasteiger partial charge in [0.2, 0.25) is 0 Å². The second-order valence-corrected chi connectivity index (χ2v) is 11.2. The summed E-state index contributed by atoms with van der Waals surface area (Å²) in [6, 6.07) is 19.0. The number of hydrogen-bond donors (Lipinski definition) is 2. The van der Waals surface area contributed by atoms with Gasteiger partial charge < -0.3 is 14.8 Å². The van der Waals surface area contributed by atoms with Crippen LogP contribution < -0.4 is 9.64 Å². The lowest BCUT2D eigenvalue weighted by Gasteiger charge is -2.26. The van der Waals surface area contributed by atoms with Gasteiger partial charge in [0.05, 0.1) is 18.2 Å². The SMILES string of the molecule is CCOc1ccc(/C(O)=C2\C(=O)C(=O)N(c3cccc(Cl)c3)C2c2c(C)[nH]c3ccccc23)cc1C(C)(C)C. The number of fused-ring (bicyclic) bond motifs is 1. The second kappa shape index (κ2) is 9.93. The summed E-state index contributed by atoms with van der Waals surface area (Å²) in [4.78, 5) is 32.2. The fourth-order valence-corrected chi connectivity index (χ4v) is 5.53. The van der Waals surface area contributed by atoms with E-state index in [1.807, 2.05) is 44.2 Å². The van der Waals surface area contributed by atoms with E-state index < -0.39 is 17.7 Å². The van der Waals surface area contributed by atoms with Crippen LogP contribution in [0.2, 0.25) is 5.02 Å². The third-order valence-electron chi connectivity index (χ3n) is 7.11. The van der Waals surface area contributed by atoms with Gasteiger partial charge in [0, 0.05) is 44.0 Å². The van der Waals surface area contributed by atoms with E-state index in [9.17, 15) is 14.7 Å². The first-order valence-corrected chi connectivity index (χ1v) is 13.3. The first-order valence-electron chi connectivity index (χ1n) is 12.9. The number of benzene rings is 3. The summed E-state index contributed by atoms with van der Waals surface area (Å²) in [5.41, 5.74) is 3.94. The van der Waals surface area contributed by atoms with Crippen LogP contribution >= 0.6 is 11.6 Å². The average Bonchev–Trinajstić information content (AvgIpc) is 3.35. The van der Waals surface area contributed by atoms with Gasteiger partial charge in [0.1, 0.15) is 11.5 Å². The van der Waals surface area contributed by atoms with Crippen molar-refractivity contribution in [1.82, 2.24) is 4.98 Å². The summed E-state index contributed by atoms with van der Waals surface area (Å²) >= 11 is 6.30. The van der Waals surface area contributed by atoms with Gasteiger partial charge in [-0.2, -0.15) is 0 Å². The number of nitrogens with one attached hydrogen (secondary N) is 1. The maximum absolute atomic E-state index is 13.7. The van der Waals surface area contributed by atoms with Crippen molar-refractivity contribution in [3.05, 3.63) is 99.7 Å². The normalized spacial score (nSPS) is 17.3. The number of aromatic nitrogens is 1. The number of amides is 1. The van der Waals surface area contributed by atoms with Gasteiger partial charge >= 0.3 is 0 Å². The molecule has 1 aliphatic rings. The predicted octanol–water partition coefficient (Wildman–Crippen LogP) is 7.45. The molecule has 1 atom stereocenters. The van der Waals surface area contributed by atoms with Crippen LogP contribution in [0.3, 0.4) is 0 Å². The summed E-state index contributed by atoms with van der Waals surface area (Å²) in [5, 5.41) is 13.1. The molecule has 6 nitrogen and oxygen atoms in total. The van der Waals surface area contributed by atoms with E-state index in [2.05, 4.69) is 25.8 Å². The van der Waals surface area contributed by atoms with Crippen molar-refractivity contribution in [2.45, 2.75) is 46.1 Å². The quantitative estimate of drug-likeness (QED) is 0.156. The number of aliphatic hydroxyl groups is 1. The number of nitrogens with zero attached hydrogens (tertiary/aromatic N) is 1. The predicted molar refractivity (Wildman–Crippen MR) is 156 cm³/mol. The van der Waals surface area contributed by atoms with Gasteiger partial charge in [-0.05, 0) is 61.7 Å². The minimum atomic E-state index is -0.871. The highest BCUT2D eigenvalue weighted by molar-refractivity contribution is 6.52. The van der Waals surface area contributed by atoms with E-state index in [-0.39, 0.29) is 16.7 Å². The van der Waals surface area contributed by atoms with E-state index in [0.29, 0.717) is 28.6 Å². The van der Waals surface area contributed by atoms with Crippen molar-refractivity contribution in [2.75, 3.05) is 11.5 Å². The Morgan fingerprint density at radius 3 is 2.49 bits per heavy atom. The van der Waals surface area contributed by atoms with Gasteiger partial charge in [0.15, 0.2) is 0 Å². The summed E-state index contributed by atoms with van der Waals surface area (Å²) < 4.78 is 5.85. The summed E-state index contributed by atoms with van der Waals surface area (Å²) in [6.07, 6.45) is 0. The first kappa shape index (κ1) is 26.6. The zero-order valence-corrected chi connectivity index (χ0v) is 23.4. The Kier molecular flexibility index (Phi) is 6.77. The Morgan fingerprint density at radius 2 is 1.79 bits per heavy atom. The molecular weight excluding hydrogens is 512 g/mol. The maximum atomic E-state index is 13.7. The lowest BCUT2D eigenvalue weighted by molar-refractivity contribution is -0.132.